The van der Waals surface area contributed by atoms with Crippen LogP contribution in [-0.4, -0.2) is 29.7 Å². The second kappa shape index (κ2) is 7.29. The van der Waals surface area contributed by atoms with Gasteiger partial charge in [-0.15, -0.1) is 0 Å². The minimum absolute atomic E-state index is 0.552. The van der Waals surface area contributed by atoms with Crippen LogP contribution < -0.4 is 9.64 Å². The molecule has 22 heavy (non-hydrogen) atoms. The van der Waals surface area contributed by atoms with E-state index in [2.05, 4.69) is 36.9 Å². The van der Waals surface area contributed by atoms with Gasteiger partial charge in [0.15, 0.2) is 0 Å². The second-order valence-corrected chi connectivity index (χ2v) is 6.71. The molecule has 0 N–H and O–H groups in total. The number of hydrogen-bond acceptors (Lipinski definition) is 4. The first-order chi connectivity index (χ1) is 10.7. The van der Waals surface area contributed by atoms with Gasteiger partial charge in [-0.1, -0.05) is 11.6 Å². The molecule has 0 aliphatic carbocycles. The second-order valence-electron chi connectivity index (χ2n) is 5.38. The molecule has 1 saturated heterocycles. The smallest absolute Gasteiger partial charge is 0.141 e. The van der Waals surface area contributed by atoms with Crippen molar-refractivity contribution in [3.63, 3.8) is 0 Å². The van der Waals surface area contributed by atoms with E-state index in [9.17, 15) is 0 Å². The number of halogens is 2. The van der Waals surface area contributed by atoms with Crippen molar-refractivity contribution >= 4 is 33.3 Å². The van der Waals surface area contributed by atoms with E-state index in [-0.39, 0.29) is 0 Å². The van der Waals surface area contributed by atoms with E-state index in [1.54, 1.807) is 12.4 Å². The van der Waals surface area contributed by atoms with E-state index in [0.29, 0.717) is 23.3 Å². The highest BCUT2D eigenvalue weighted by Gasteiger charge is 2.21. The molecule has 0 atom stereocenters. The molecule has 3 rings (SSSR count). The average molecular weight is 383 g/mol. The lowest BCUT2D eigenvalue weighted by Gasteiger charge is -2.32. The Kier molecular flexibility index (Phi) is 5.16. The number of hydrogen-bond donors (Lipinski definition) is 0. The Bertz CT molecular complexity index is 615. The van der Waals surface area contributed by atoms with Crippen molar-refractivity contribution in [2.24, 2.45) is 5.92 Å². The summed E-state index contributed by atoms with van der Waals surface area (Å²) in [4.78, 5) is 10.7. The zero-order chi connectivity index (χ0) is 15.4. The monoisotopic (exact) mass is 381 g/mol. The van der Waals surface area contributed by atoms with Gasteiger partial charge in [-0.05, 0) is 46.8 Å². The van der Waals surface area contributed by atoms with Crippen molar-refractivity contribution < 1.29 is 4.74 Å². The van der Waals surface area contributed by atoms with Crippen molar-refractivity contribution in [2.45, 2.75) is 12.8 Å². The fraction of sp³-hybridized carbons (Fsp3) is 0.375. The number of aromatic nitrogens is 2. The van der Waals surface area contributed by atoms with Gasteiger partial charge in [-0.2, -0.15) is 0 Å². The zero-order valence-electron chi connectivity index (χ0n) is 12.1. The van der Waals surface area contributed by atoms with Crippen molar-refractivity contribution in [3.8, 4) is 5.75 Å². The van der Waals surface area contributed by atoms with Gasteiger partial charge in [-0.3, -0.25) is 4.98 Å². The summed E-state index contributed by atoms with van der Waals surface area (Å²) in [5.41, 5.74) is 0. The molecule has 1 aliphatic rings. The SMILES string of the molecule is Clc1cnccc1OCC1CCN(c2ccc(Br)cn2)CC1. The first kappa shape index (κ1) is 15.6. The molecule has 0 unspecified atom stereocenters. The van der Waals surface area contributed by atoms with Crippen molar-refractivity contribution in [2.75, 3.05) is 24.6 Å². The third kappa shape index (κ3) is 3.90. The molecule has 6 heteroatoms. The predicted octanol–water partition coefficient (Wildman–Crippen LogP) is 4.19. The first-order valence-electron chi connectivity index (χ1n) is 7.31. The van der Waals surface area contributed by atoms with Gasteiger partial charge in [0.2, 0.25) is 0 Å². The van der Waals surface area contributed by atoms with Gasteiger partial charge in [0.1, 0.15) is 16.6 Å². The van der Waals surface area contributed by atoms with Crippen LogP contribution in [0.1, 0.15) is 12.8 Å². The number of ether oxygens (including phenoxy) is 1. The van der Waals surface area contributed by atoms with Crippen molar-refractivity contribution in [1.29, 1.82) is 0 Å². The van der Waals surface area contributed by atoms with Gasteiger partial charge in [-0.25, -0.2) is 4.98 Å². The number of rotatable bonds is 4. The van der Waals surface area contributed by atoms with Gasteiger partial charge in [0.05, 0.1) is 6.61 Å². The number of piperidine rings is 1. The van der Waals surface area contributed by atoms with Gasteiger partial charge < -0.3 is 9.64 Å². The average Bonchev–Trinajstić information content (AvgIpc) is 2.55. The van der Waals surface area contributed by atoms with E-state index in [1.165, 1.54) is 0 Å². The van der Waals surface area contributed by atoms with Crippen molar-refractivity contribution in [1.82, 2.24) is 9.97 Å². The van der Waals surface area contributed by atoms with Crippen LogP contribution in [0.3, 0.4) is 0 Å². The highest BCUT2D eigenvalue weighted by Crippen LogP contribution is 2.26. The molecule has 3 heterocycles. The molecule has 0 spiro atoms. The fourth-order valence-corrected chi connectivity index (χ4v) is 2.98. The quantitative estimate of drug-likeness (QED) is 0.795. The summed E-state index contributed by atoms with van der Waals surface area (Å²) < 4.78 is 6.83. The molecular formula is C16H17BrClN3O. The Morgan fingerprint density at radius 1 is 1.23 bits per heavy atom. The van der Waals surface area contributed by atoms with E-state index in [0.717, 1.165) is 36.2 Å². The van der Waals surface area contributed by atoms with Gasteiger partial charge in [0, 0.05) is 42.2 Å². The van der Waals surface area contributed by atoms with E-state index >= 15 is 0 Å². The molecule has 4 nitrogen and oxygen atoms in total. The molecule has 116 valence electrons. The van der Waals surface area contributed by atoms with Gasteiger partial charge in [0.25, 0.3) is 0 Å². The molecule has 0 bridgehead atoms. The maximum Gasteiger partial charge on any atom is 0.141 e. The van der Waals surface area contributed by atoms with Crippen LogP contribution in [0.5, 0.6) is 5.75 Å². The Labute approximate surface area is 143 Å². The molecule has 1 aliphatic heterocycles. The lowest BCUT2D eigenvalue weighted by atomic mass is 9.98. The highest BCUT2D eigenvalue weighted by atomic mass is 79.9. The molecule has 2 aromatic rings. The van der Waals surface area contributed by atoms with Gasteiger partial charge >= 0.3 is 0 Å². The Morgan fingerprint density at radius 2 is 2.05 bits per heavy atom. The minimum atomic E-state index is 0.552. The third-order valence-corrected chi connectivity index (χ3v) is 4.61. The summed E-state index contributed by atoms with van der Waals surface area (Å²) in [7, 11) is 0. The number of pyridine rings is 2. The van der Waals surface area contributed by atoms with Crippen LogP contribution >= 0.6 is 27.5 Å². The van der Waals surface area contributed by atoms with Crippen LogP contribution in [0.25, 0.3) is 0 Å². The number of anilines is 1. The first-order valence-corrected chi connectivity index (χ1v) is 8.48. The molecular weight excluding hydrogens is 366 g/mol. The van der Waals surface area contributed by atoms with E-state index in [4.69, 9.17) is 16.3 Å². The molecule has 1 fully saturated rings. The Balaban J connectivity index is 1.49. The molecule has 0 amide bonds. The molecule has 0 radical (unpaired) electrons. The molecule has 2 aromatic heterocycles. The Morgan fingerprint density at radius 3 is 2.73 bits per heavy atom. The summed E-state index contributed by atoms with van der Waals surface area (Å²) in [6.45, 7) is 2.71. The summed E-state index contributed by atoms with van der Waals surface area (Å²) in [6.07, 6.45) is 7.35. The lowest BCUT2D eigenvalue weighted by molar-refractivity contribution is 0.222. The van der Waals surface area contributed by atoms with Crippen LogP contribution in [0.4, 0.5) is 5.82 Å². The zero-order valence-corrected chi connectivity index (χ0v) is 14.4. The lowest BCUT2D eigenvalue weighted by Crippen LogP contribution is -2.36. The largest absolute Gasteiger partial charge is 0.492 e. The Hall–Kier alpha value is -1.33. The number of nitrogens with zero attached hydrogens (tertiary/aromatic N) is 3. The maximum atomic E-state index is 6.05. The summed E-state index contributed by atoms with van der Waals surface area (Å²) in [6, 6.07) is 5.89. The summed E-state index contributed by atoms with van der Waals surface area (Å²) >= 11 is 9.46. The van der Waals surface area contributed by atoms with E-state index < -0.39 is 0 Å². The van der Waals surface area contributed by atoms with E-state index in [1.807, 2.05) is 18.3 Å². The standard InChI is InChI=1S/C16H17BrClN3O/c17-13-1-2-16(20-9-13)21-7-4-12(5-8-21)11-22-15-3-6-19-10-14(15)18/h1-3,6,9-10,12H,4-5,7-8,11H2. The van der Waals surface area contributed by atoms with Crippen LogP contribution in [0.2, 0.25) is 5.02 Å². The fourth-order valence-electron chi connectivity index (χ4n) is 2.57. The van der Waals surface area contributed by atoms with Crippen molar-refractivity contribution in [3.05, 3.63) is 46.3 Å². The summed E-state index contributed by atoms with van der Waals surface area (Å²) in [5.74, 6) is 2.31. The molecule has 0 aromatic carbocycles. The predicted molar refractivity (Wildman–Crippen MR) is 91.6 cm³/mol. The normalized spacial score (nSPS) is 15.8. The van der Waals surface area contributed by atoms with Crippen LogP contribution in [0.15, 0.2) is 41.3 Å². The minimum Gasteiger partial charge on any atom is -0.492 e. The molecule has 0 saturated carbocycles. The topological polar surface area (TPSA) is 38.2 Å². The third-order valence-electron chi connectivity index (χ3n) is 3.86. The maximum absolute atomic E-state index is 6.05. The summed E-state index contributed by atoms with van der Waals surface area (Å²) in [5, 5.41) is 0.569. The van der Waals surface area contributed by atoms with Crippen LogP contribution in [0, 0.1) is 5.92 Å². The highest BCUT2D eigenvalue weighted by molar-refractivity contribution is 9.10. The van der Waals surface area contributed by atoms with Crippen LogP contribution in [-0.2, 0) is 0 Å².